The maximum absolute atomic E-state index is 15.2. The molecule has 2 aliphatic carbocycles. The Hall–Kier alpha value is -4.77. The van der Waals surface area contributed by atoms with Crippen LogP contribution in [0.3, 0.4) is 0 Å². The van der Waals surface area contributed by atoms with Crippen molar-refractivity contribution in [2.24, 2.45) is 27.3 Å². The zero-order valence-electron chi connectivity index (χ0n) is 31.7. The number of likely N-dealkylation sites (tertiary alicyclic amines) is 1. The quantitative estimate of drug-likeness (QED) is 0.0883. The molecule has 0 unspecified atom stereocenters. The fourth-order valence-electron chi connectivity index (χ4n) is 9.49. The number of nitrogens with two attached hydrogens (primary N) is 2. The molecule has 4 fully saturated rings. The summed E-state index contributed by atoms with van der Waals surface area (Å²) in [6, 6.07) is 15.0. The molecule has 13 heteroatoms. The van der Waals surface area contributed by atoms with Gasteiger partial charge in [-0.15, -0.1) is 0 Å². The van der Waals surface area contributed by atoms with E-state index in [4.69, 9.17) is 21.4 Å². The van der Waals surface area contributed by atoms with Crippen molar-refractivity contribution < 1.29 is 8.78 Å². The molecule has 2 spiro atoms. The topological polar surface area (TPSA) is 136 Å². The summed E-state index contributed by atoms with van der Waals surface area (Å²) >= 11 is 1.34. The number of anilines is 2. The average molecular weight is 763 g/mol. The van der Waals surface area contributed by atoms with Gasteiger partial charge in [-0.3, -0.25) is 4.98 Å². The second kappa shape index (κ2) is 14.4. The van der Waals surface area contributed by atoms with Crippen molar-refractivity contribution >= 4 is 40.4 Å². The van der Waals surface area contributed by atoms with Crippen LogP contribution in [0.25, 0.3) is 11.0 Å². The zero-order valence-corrected chi connectivity index (χ0v) is 32.5. The Morgan fingerprint density at radius 3 is 2.47 bits per heavy atom. The van der Waals surface area contributed by atoms with Gasteiger partial charge in [0.2, 0.25) is 0 Å². The molecule has 3 heterocycles. The number of nitriles is 1. The van der Waals surface area contributed by atoms with Gasteiger partial charge < -0.3 is 26.0 Å². The van der Waals surface area contributed by atoms with Crippen LogP contribution in [0.15, 0.2) is 66.1 Å². The van der Waals surface area contributed by atoms with Crippen molar-refractivity contribution in [2.75, 3.05) is 49.9 Å². The third-order valence-electron chi connectivity index (χ3n) is 12.4. The predicted molar refractivity (Wildman–Crippen MR) is 216 cm³/mol. The summed E-state index contributed by atoms with van der Waals surface area (Å²) in [6.45, 7) is 9.50. The number of aliphatic imine (C=N–C) groups is 1. The normalized spacial score (nSPS) is 19.7. The van der Waals surface area contributed by atoms with Gasteiger partial charge in [-0.05, 0) is 126 Å². The van der Waals surface area contributed by atoms with E-state index in [9.17, 15) is 5.26 Å². The lowest BCUT2D eigenvalue weighted by Crippen LogP contribution is -2.67. The number of halogens is 2. The van der Waals surface area contributed by atoms with E-state index in [2.05, 4.69) is 32.2 Å². The molecule has 2 aliphatic heterocycles. The Labute approximate surface area is 326 Å². The summed E-state index contributed by atoms with van der Waals surface area (Å²) in [4.78, 5) is 18.7. The molecule has 0 radical (unpaired) electrons. The number of fused-ring (bicyclic) bond motifs is 1. The first-order valence-corrected chi connectivity index (χ1v) is 19.8. The van der Waals surface area contributed by atoms with Gasteiger partial charge in [-0.1, -0.05) is 12.6 Å². The van der Waals surface area contributed by atoms with Crippen molar-refractivity contribution in [3.05, 3.63) is 106 Å². The third-order valence-corrected chi connectivity index (χ3v) is 13.1. The first-order valence-electron chi connectivity index (χ1n) is 19.0. The fraction of sp³-hybridized carbons (Fsp3) is 0.429. The maximum atomic E-state index is 15.2. The van der Waals surface area contributed by atoms with Crippen LogP contribution >= 0.6 is 12.1 Å². The van der Waals surface area contributed by atoms with E-state index in [-0.39, 0.29) is 29.3 Å². The van der Waals surface area contributed by atoms with Gasteiger partial charge in [-0.25, -0.2) is 23.1 Å². The number of rotatable bonds is 10. The Morgan fingerprint density at radius 1 is 1.04 bits per heavy atom. The van der Waals surface area contributed by atoms with E-state index in [1.807, 2.05) is 55.8 Å². The molecule has 55 heavy (non-hydrogen) atoms. The Morgan fingerprint density at radius 2 is 1.78 bits per heavy atom. The molecule has 0 atom stereocenters. The molecule has 5 N–H and O–H groups in total. The molecule has 10 nitrogen and oxygen atoms in total. The monoisotopic (exact) mass is 762 g/mol. The SMILES string of the molecule is C=C(N)/N=C(\N)c1cc(F)c(N2CC3(CC(N4CCC5(CC4)CC(c4cnc6ccc(Cc7c(F)ccc(NSN(C)C)c7C#N)cc6n4)C5)C3)C2)cc1C. The number of hydrogen-bond donors (Lipinski definition) is 3. The van der Waals surface area contributed by atoms with E-state index in [0.717, 1.165) is 66.9 Å². The van der Waals surface area contributed by atoms with Crippen molar-refractivity contribution in [1.82, 2.24) is 19.2 Å². The number of benzene rings is 3. The van der Waals surface area contributed by atoms with Crippen LogP contribution in [0.4, 0.5) is 20.2 Å². The van der Waals surface area contributed by atoms with E-state index in [1.165, 1.54) is 49.9 Å². The van der Waals surface area contributed by atoms with Crippen LogP contribution in [0.2, 0.25) is 0 Å². The molecular weight excluding hydrogens is 715 g/mol. The minimum Gasteiger partial charge on any atom is -0.384 e. The Balaban J connectivity index is 0.840. The lowest BCUT2D eigenvalue weighted by Gasteiger charge is -2.63. The first kappa shape index (κ1) is 37.2. The third kappa shape index (κ3) is 7.23. The van der Waals surface area contributed by atoms with E-state index in [1.54, 1.807) is 6.07 Å². The van der Waals surface area contributed by atoms with Gasteiger partial charge in [0.05, 0.1) is 33.7 Å². The molecule has 8 rings (SSSR count). The highest BCUT2D eigenvalue weighted by atomic mass is 32.2. The highest BCUT2D eigenvalue weighted by molar-refractivity contribution is 7.98. The van der Waals surface area contributed by atoms with E-state index in [0.29, 0.717) is 45.4 Å². The van der Waals surface area contributed by atoms with Gasteiger partial charge in [0, 0.05) is 66.3 Å². The van der Waals surface area contributed by atoms with Crippen LogP contribution in [0.5, 0.6) is 0 Å². The molecule has 1 aromatic heterocycles. The van der Waals surface area contributed by atoms with Crippen molar-refractivity contribution in [2.45, 2.75) is 63.8 Å². The van der Waals surface area contributed by atoms with E-state index < -0.39 is 5.82 Å². The lowest BCUT2D eigenvalue weighted by molar-refractivity contribution is -0.0626. The second-order valence-corrected chi connectivity index (χ2v) is 17.6. The maximum Gasteiger partial charge on any atom is 0.147 e. The Bertz CT molecular complexity index is 2220. The molecule has 2 saturated carbocycles. The number of piperidine rings is 1. The average Bonchev–Trinajstić information content (AvgIpc) is 3.10. The standard InChI is InChI=1S/C42H48F2N10S/c1-25-13-39(34(44)16-30(25)40(47)49-26(2)46)54-23-42(24-54)19-29(20-42)53-11-9-41(10-12-53)17-28(18-41)38-22-48-36-7-5-27(15-37(36)50-38)14-31-32(21-45)35(8-6-33(31)43)51-55-52(3)4/h5-8,13,15-16,22,28-29,51H,2,9-12,14,17-20,23-24,46H2,1,3-4H3,(H2,47,49). The number of nitrogens with zero attached hydrogens (tertiary/aromatic N) is 7. The number of aryl methyl sites for hydroxylation is 1. The smallest absolute Gasteiger partial charge is 0.147 e. The molecule has 4 aromatic rings. The number of hydrogen-bond acceptors (Lipinski definition) is 10. The minimum atomic E-state index is -0.395. The minimum absolute atomic E-state index is 0.0955. The second-order valence-electron chi connectivity index (χ2n) is 16.5. The summed E-state index contributed by atoms with van der Waals surface area (Å²) in [7, 11) is 3.79. The summed E-state index contributed by atoms with van der Waals surface area (Å²) in [6.07, 6.45) is 9.24. The lowest BCUT2D eigenvalue weighted by atomic mass is 9.55. The summed E-state index contributed by atoms with van der Waals surface area (Å²) in [5, 5.41) is 9.93. The van der Waals surface area contributed by atoms with Crippen LogP contribution in [-0.4, -0.2) is 71.3 Å². The van der Waals surface area contributed by atoms with Crippen molar-refractivity contribution in [3.63, 3.8) is 0 Å². The highest BCUT2D eigenvalue weighted by Gasteiger charge is 2.55. The van der Waals surface area contributed by atoms with Gasteiger partial charge in [-0.2, -0.15) is 5.26 Å². The van der Waals surface area contributed by atoms with Crippen LogP contribution < -0.4 is 21.1 Å². The molecule has 0 bridgehead atoms. The number of amidine groups is 1. The molecule has 4 aliphatic rings. The summed E-state index contributed by atoms with van der Waals surface area (Å²) in [5.74, 6) is -0.0235. The highest BCUT2D eigenvalue weighted by Crippen LogP contribution is 2.58. The number of nitrogens with one attached hydrogen (secondary N) is 1. The summed E-state index contributed by atoms with van der Waals surface area (Å²) in [5.41, 5.74) is 19.1. The molecule has 0 amide bonds. The van der Waals surface area contributed by atoms with Gasteiger partial charge in [0.1, 0.15) is 29.4 Å². The first-order chi connectivity index (χ1) is 26.3. The largest absolute Gasteiger partial charge is 0.384 e. The van der Waals surface area contributed by atoms with Gasteiger partial charge in [0.25, 0.3) is 0 Å². The van der Waals surface area contributed by atoms with Gasteiger partial charge in [0.15, 0.2) is 0 Å². The van der Waals surface area contributed by atoms with Crippen molar-refractivity contribution in [3.8, 4) is 6.07 Å². The molecule has 2 saturated heterocycles. The van der Waals surface area contributed by atoms with Crippen LogP contribution in [0, 0.1) is 40.7 Å². The fourth-order valence-corrected chi connectivity index (χ4v) is 9.94. The molecule has 3 aromatic carbocycles. The zero-order chi connectivity index (χ0) is 38.6. The van der Waals surface area contributed by atoms with Crippen LogP contribution in [0.1, 0.15) is 78.0 Å². The number of aromatic nitrogens is 2. The molecular formula is C42H48F2N10S. The molecule has 286 valence electrons. The van der Waals surface area contributed by atoms with Crippen LogP contribution in [-0.2, 0) is 6.42 Å². The van der Waals surface area contributed by atoms with Gasteiger partial charge >= 0.3 is 0 Å². The summed E-state index contributed by atoms with van der Waals surface area (Å²) < 4.78 is 35.3. The van der Waals surface area contributed by atoms with Crippen molar-refractivity contribution in [1.29, 1.82) is 5.26 Å². The van der Waals surface area contributed by atoms with E-state index >= 15 is 8.78 Å². The predicted octanol–water partition coefficient (Wildman–Crippen LogP) is 6.98. The Kier molecular flexibility index (Phi) is 9.72.